The van der Waals surface area contributed by atoms with Crippen LogP contribution in [0.5, 0.6) is 0 Å². The lowest BCUT2D eigenvalue weighted by Gasteiger charge is -2.45. The van der Waals surface area contributed by atoms with Gasteiger partial charge in [0.15, 0.2) is 0 Å². The van der Waals surface area contributed by atoms with Gasteiger partial charge in [-0.1, -0.05) is 22.0 Å². The van der Waals surface area contributed by atoms with Crippen molar-refractivity contribution in [2.45, 2.75) is 18.5 Å². The van der Waals surface area contributed by atoms with Gasteiger partial charge in [0.1, 0.15) is 5.66 Å². The quantitative estimate of drug-likeness (QED) is 0.764. The number of thiophene rings is 1. The van der Waals surface area contributed by atoms with Crippen LogP contribution in [0, 0.1) is 0 Å². The summed E-state index contributed by atoms with van der Waals surface area (Å²) >= 11 is 4.86. The second-order valence-electron chi connectivity index (χ2n) is 6.12. The van der Waals surface area contributed by atoms with Crippen molar-refractivity contribution in [3.8, 4) is 0 Å². The Bertz CT molecular complexity index is 798. The molecule has 0 atom stereocenters. The predicted molar refractivity (Wildman–Crippen MR) is 97.4 cm³/mol. The first kappa shape index (κ1) is 15.7. The van der Waals surface area contributed by atoms with Crippen LogP contribution >= 0.6 is 27.3 Å². The number of halogens is 1. The monoisotopic (exact) mass is 405 g/mol. The van der Waals surface area contributed by atoms with Crippen molar-refractivity contribution in [2.75, 3.05) is 18.4 Å². The van der Waals surface area contributed by atoms with E-state index in [0.717, 1.165) is 15.0 Å². The molecule has 124 valence electrons. The van der Waals surface area contributed by atoms with Crippen LogP contribution in [0.3, 0.4) is 0 Å². The number of piperidine rings is 1. The molecule has 3 heterocycles. The molecule has 24 heavy (non-hydrogen) atoms. The van der Waals surface area contributed by atoms with Gasteiger partial charge in [-0.3, -0.25) is 9.59 Å². The summed E-state index contributed by atoms with van der Waals surface area (Å²) in [6.07, 6.45) is 1.37. The summed E-state index contributed by atoms with van der Waals surface area (Å²) in [6, 6.07) is 9.41. The van der Waals surface area contributed by atoms with E-state index in [2.05, 4.69) is 26.6 Å². The maximum Gasteiger partial charge on any atom is 0.263 e. The van der Waals surface area contributed by atoms with Gasteiger partial charge < -0.3 is 15.5 Å². The highest BCUT2D eigenvalue weighted by atomic mass is 79.9. The molecule has 7 heteroatoms. The van der Waals surface area contributed by atoms with E-state index in [0.29, 0.717) is 31.5 Å². The maximum atomic E-state index is 12.5. The number of likely N-dealkylation sites (tertiary alicyclic amines) is 1. The van der Waals surface area contributed by atoms with E-state index >= 15 is 0 Å². The Balaban J connectivity index is 1.50. The van der Waals surface area contributed by atoms with Gasteiger partial charge in [-0.15, -0.1) is 11.3 Å². The third-order valence-electron chi connectivity index (χ3n) is 4.59. The van der Waals surface area contributed by atoms with Gasteiger partial charge in [0, 0.05) is 36.1 Å². The molecular weight excluding hydrogens is 390 g/mol. The van der Waals surface area contributed by atoms with Crippen LogP contribution in [0.2, 0.25) is 0 Å². The number of amides is 2. The van der Waals surface area contributed by atoms with Crippen LogP contribution in [0.15, 0.2) is 40.2 Å². The largest absolute Gasteiger partial charge is 0.362 e. The highest BCUT2D eigenvalue weighted by Gasteiger charge is 2.41. The summed E-state index contributed by atoms with van der Waals surface area (Å²) in [6.45, 7) is 1.24. The Morgan fingerprint density at radius 1 is 1.21 bits per heavy atom. The van der Waals surface area contributed by atoms with Crippen LogP contribution in [-0.2, 0) is 0 Å². The number of carbonyl (C=O) groups is 2. The van der Waals surface area contributed by atoms with Crippen molar-refractivity contribution in [3.63, 3.8) is 0 Å². The number of benzene rings is 1. The first-order valence-corrected chi connectivity index (χ1v) is 9.47. The summed E-state index contributed by atoms with van der Waals surface area (Å²) in [5.74, 6) is 0.00870. The van der Waals surface area contributed by atoms with Gasteiger partial charge in [-0.25, -0.2) is 0 Å². The smallest absolute Gasteiger partial charge is 0.263 e. The van der Waals surface area contributed by atoms with E-state index in [-0.39, 0.29) is 11.8 Å². The second kappa shape index (κ2) is 5.89. The number of anilines is 1. The minimum Gasteiger partial charge on any atom is -0.362 e. The number of nitrogens with zero attached hydrogens (tertiary/aromatic N) is 1. The molecule has 1 aromatic heterocycles. The van der Waals surface area contributed by atoms with E-state index in [1.807, 2.05) is 40.6 Å². The Morgan fingerprint density at radius 3 is 2.71 bits per heavy atom. The van der Waals surface area contributed by atoms with Crippen molar-refractivity contribution in [2.24, 2.45) is 0 Å². The van der Waals surface area contributed by atoms with Gasteiger partial charge in [-0.2, -0.15) is 0 Å². The van der Waals surface area contributed by atoms with E-state index in [1.54, 1.807) is 0 Å². The van der Waals surface area contributed by atoms with Crippen LogP contribution in [-0.4, -0.2) is 35.5 Å². The topological polar surface area (TPSA) is 61.4 Å². The molecule has 2 amide bonds. The van der Waals surface area contributed by atoms with E-state index < -0.39 is 5.66 Å². The molecule has 0 bridgehead atoms. The Hall–Kier alpha value is -1.86. The number of hydrogen-bond donors (Lipinski definition) is 2. The molecule has 1 spiro atoms. The summed E-state index contributed by atoms with van der Waals surface area (Å²) in [7, 11) is 0. The van der Waals surface area contributed by atoms with E-state index in [1.165, 1.54) is 11.3 Å². The van der Waals surface area contributed by atoms with Crippen molar-refractivity contribution >= 4 is 44.8 Å². The summed E-state index contributed by atoms with van der Waals surface area (Å²) < 4.78 is 0.880. The average molecular weight is 406 g/mol. The van der Waals surface area contributed by atoms with Gasteiger partial charge in [0.2, 0.25) is 0 Å². The zero-order valence-electron chi connectivity index (χ0n) is 12.8. The number of fused-ring (bicyclic) bond motifs is 1. The molecule has 2 N–H and O–H groups in total. The van der Waals surface area contributed by atoms with Crippen molar-refractivity contribution in [1.29, 1.82) is 0 Å². The summed E-state index contributed by atoms with van der Waals surface area (Å²) in [4.78, 5) is 27.5. The predicted octanol–water partition coefficient (Wildman–Crippen LogP) is 3.30. The van der Waals surface area contributed by atoms with Gasteiger partial charge in [0.05, 0.1) is 10.4 Å². The van der Waals surface area contributed by atoms with Gasteiger partial charge in [-0.05, 0) is 29.6 Å². The number of carbonyl (C=O) groups excluding carboxylic acids is 2. The molecule has 1 fully saturated rings. The first-order valence-electron chi connectivity index (χ1n) is 7.79. The molecule has 4 rings (SSSR count). The fourth-order valence-electron chi connectivity index (χ4n) is 3.28. The Kier molecular flexibility index (Phi) is 3.85. The highest BCUT2D eigenvalue weighted by molar-refractivity contribution is 9.10. The van der Waals surface area contributed by atoms with Crippen LogP contribution < -0.4 is 10.6 Å². The lowest BCUT2D eigenvalue weighted by molar-refractivity contribution is 0.0644. The zero-order valence-corrected chi connectivity index (χ0v) is 15.2. The Morgan fingerprint density at radius 2 is 2.00 bits per heavy atom. The molecule has 2 aromatic rings. The summed E-state index contributed by atoms with van der Waals surface area (Å²) in [5, 5.41) is 8.49. The normalized spacial score (nSPS) is 18.7. The number of nitrogens with one attached hydrogen (secondary N) is 2. The Labute approximate surface area is 152 Å². The third-order valence-corrected chi connectivity index (χ3v) is 5.94. The fraction of sp³-hybridized carbons (Fsp3) is 0.294. The van der Waals surface area contributed by atoms with Crippen molar-refractivity contribution < 1.29 is 9.59 Å². The molecular formula is C17H16BrN3O2S. The molecule has 0 aliphatic carbocycles. The summed E-state index contributed by atoms with van der Waals surface area (Å²) in [5.41, 5.74) is 1.02. The molecule has 1 saturated heterocycles. The van der Waals surface area contributed by atoms with Crippen molar-refractivity contribution in [3.05, 3.63) is 50.6 Å². The fourth-order valence-corrected chi connectivity index (χ4v) is 4.34. The second-order valence-corrected chi connectivity index (χ2v) is 7.98. The van der Waals surface area contributed by atoms with Crippen molar-refractivity contribution in [1.82, 2.24) is 10.2 Å². The molecule has 0 saturated carbocycles. The molecule has 0 unspecified atom stereocenters. The molecule has 2 aliphatic rings. The van der Waals surface area contributed by atoms with Crippen LogP contribution in [0.25, 0.3) is 0 Å². The minimum absolute atomic E-state index is 0.0666. The molecule has 0 radical (unpaired) electrons. The standard InChI is InChI=1S/C17H16BrN3O2S/c18-11-3-4-13-12(10-11)15(22)20-17(19-13)5-7-21(8-6-17)16(23)14-2-1-9-24-14/h1-4,9-10,19H,5-8H2,(H,20,22). The highest BCUT2D eigenvalue weighted by Crippen LogP contribution is 2.33. The minimum atomic E-state index is -0.468. The van der Waals surface area contributed by atoms with Gasteiger partial charge in [0.25, 0.3) is 11.8 Å². The zero-order chi connectivity index (χ0) is 16.7. The average Bonchev–Trinajstić information content (AvgIpc) is 3.10. The lowest BCUT2D eigenvalue weighted by Crippen LogP contribution is -2.62. The first-order chi connectivity index (χ1) is 11.6. The SMILES string of the molecule is O=C1NC2(CCN(C(=O)c3cccs3)CC2)Nc2ccc(Br)cc21. The van der Waals surface area contributed by atoms with E-state index in [9.17, 15) is 9.59 Å². The number of rotatable bonds is 1. The van der Waals surface area contributed by atoms with Crippen LogP contribution in [0.4, 0.5) is 5.69 Å². The van der Waals surface area contributed by atoms with Gasteiger partial charge >= 0.3 is 0 Å². The molecule has 1 aromatic carbocycles. The van der Waals surface area contributed by atoms with Crippen LogP contribution in [0.1, 0.15) is 32.9 Å². The third kappa shape index (κ3) is 2.71. The maximum absolute atomic E-state index is 12.5. The lowest BCUT2D eigenvalue weighted by atomic mass is 9.92. The van der Waals surface area contributed by atoms with E-state index in [4.69, 9.17) is 0 Å². The molecule has 2 aliphatic heterocycles. The molecule has 5 nitrogen and oxygen atoms in total. The number of hydrogen-bond acceptors (Lipinski definition) is 4.